The van der Waals surface area contributed by atoms with Crippen molar-refractivity contribution in [1.82, 2.24) is 5.32 Å². The first-order valence-corrected chi connectivity index (χ1v) is 6.06. The van der Waals surface area contributed by atoms with Gasteiger partial charge in [-0.1, -0.05) is 30.3 Å². The van der Waals surface area contributed by atoms with Crippen LogP contribution in [0.5, 0.6) is 0 Å². The van der Waals surface area contributed by atoms with Crippen molar-refractivity contribution in [2.45, 2.75) is 18.6 Å². The van der Waals surface area contributed by atoms with Crippen LogP contribution in [-0.4, -0.2) is 36.6 Å². The molecule has 1 aromatic rings. The van der Waals surface area contributed by atoms with Gasteiger partial charge in [-0.15, -0.1) is 0 Å². The first-order valence-electron chi connectivity index (χ1n) is 6.06. The number of ether oxygens (including phenoxy) is 1. The second-order valence-electron chi connectivity index (χ2n) is 4.29. The third-order valence-electron chi connectivity index (χ3n) is 2.49. The lowest BCUT2D eigenvalue weighted by molar-refractivity contribution is -0.176. The van der Waals surface area contributed by atoms with E-state index in [1.54, 1.807) is 30.3 Å². The second-order valence-corrected chi connectivity index (χ2v) is 4.29. The Hall–Kier alpha value is -2.58. The smallest absolute Gasteiger partial charge is 0.454 e. The summed E-state index contributed by atoms with van der Waals surface area (Å²) >= 11 is 0. The van der Waals surface area contributed by atoms with Crippen molar-refractivity contribution in [3.8, 4) is 0 Å². The predicted molar refractivity (Wildman–Crippen MR) is 68.3 cm³/mol. The zero-order valence-electron chi connectivity index (χ0n) is 11.2. The molecule has 0 bridgehead atoms. The molecule has 0 aliphatic rings. The Morgan fingerprint density at radius 2 is 1.77 bits per heavy atom. The lowest BCUT2D eigenvalue weighted by atomic mass is 10.1. The van der Waals surface area contributed by atoms with E-state index < -0.39 is 36.6 Å². The first-order chi connectivity index (χ1) is 10.2. The van der Waals surface area contributed by atoms with Crippen molar-refractivity contribution in [2.75, 3.05) is 6.61 Å². The molecular weight excluding hydrogens is 305 g/mol. The SMILES string of the molecule is NC(=O)COC(=O)[C@@H](Cc1ccccc1)NC(=O)C(F)(F)F. The highest BCUT2D eigenvalue weighted by molar-refractivity contribution is 5.88. The topological polar surface area (TPSA) is 98.5 Å². The summed E-state index contributed by atoms with van der Waals surface area (Å²) < 4.78 is 41.3. The molecule has 0 aromatic heterocycles. The van der Waals surface area contributed by atoms with E-state index >= 15 is 0 Å². The van der Waals surface area contributed by atoms with Crippen molar-refractivity contribution >= 4 is 17.8 Å². The summed E-state index contributed by atoms with van der Waals surface area (Å²) in [6.45, 7) is -0.786. The van der Waals surface area contributed by atoms with E-state index in [0.29, 0.717) is 5.56 Å². The summed E-state index contributed by atoms with van der Waals surface area (Å²) in [5, 5.41) is 1.54. The second kappa shape index (κ2) is 7.43. The molecule has 0 saturated heterocycles. The van der Waals surface area contributed by atoms with Gasteiger partial charge in [0.2, 0.25) is 0 Å². The van der Waals surface area contributed by atoms with Crippen LogP contribution in [0.4, 0.5) is 13.2 Å². The monoisotopic (exact) mass is 318 g/mol. The Morgan fingerprint density at radius 3 is 2.27 bits per heavy atom. The van der Waals surface area contributed by atoms with E-state index in [-0.39, 0.29) is 6.42 Å². The number of nitrogens with two attached hydrogens (primary N) is 1. The Morgan fingerprint density at radius 1 is 1.18 bits per heavy atom. The molecule has 22 heavy (non-hydrogen) atoms. The Kier molecular flexibility index (Phi) is 5.90. The molecule has 2 amide bonds. The van der Waals surface area contributed by atoms with Crippen molar-refractivity contribution in [3.63, 3.8) is 0 Å². The molecule has 0 aliphatic heterocycles. The summed E-state index contributed by atoms with van der Waals surface area (Å²) in [5.74, 6) is -4.42. The highest BCUT2D eigenvalue weighted by atomic mass is 19.4. The van der Waals surface area contributed by atoms with Crippen LogP contribution in [0.3, 0.4) is 0 Å². The zero-order valence-corrected chi connectivity index (χ0v) is 11.2. The van der Waals surface area contributed by atoms with Gasteiger partial charge >= 0.3 is 18.1 Å². The fourth-order valence-electron chi connectivity index (χ4n) is 1.53. The van der Waals surface area contributed by atoms with Crippen LogP contribution in [0.2, 0.25) is 0 Å². The van der Waals surface area contributed by atoms with E-state index in [4.69, 9.17) is 5.73 Å². The summed E-state index contributed by atoms with van der Waals surface area (Å²) in [6, 6.07) is 6.45. The highest BCUT2D eigenvalue weighted by Crippen LogP contribution is 2.15. The summed E-state index contributed by atoms with van der Waals surface area (Å²) in [7, 11) is 0. The van der Waals surface area contributed by atoms with E-state index in [2.05, 4.69) is 4.74 Å². The maximum absolute atomic E-state index is 12.3. The maximum Gasteiger partial charge on any atom is 0.471 e. The van der Waals surface area contributed by atoms with Gasteiger partial charge < -0.3 is 15.8 Å². The lowest BCUT2D eigenvalue weighted by Gasteiger charge is -2.18. The van der Waals surface area contributed by atoms with Crippen molar-refractivity contribution in [2.24, 2.45) is 5.73 Å². The van der Waals surface area contributed by atoms with Crippen LogP contribution in [-0.2, 0) is 25.5 Å². The van der Waals surface area contributed by atoms with Crippen LogP contribution >= 0.6 is 0 Å². The molecular formula is C13H13F3N2O4. The van der Waals surface area contributed by atoms with Gasteiger partial charge in [-0.2, -0.15) is 13.2 Å². The number of amides is 2. The summed E-state index contributed by atoms with van der Waals surface area (Å²) in [4.78, 5) is 33.2. The molecule has 3 N–H and O–H groups in total. The number of primary amides is 1. The number of nitrogens with one attached hydrogen (secondary N) is 1. The number of carbonyl (C=O) groups is 3. The van der Waals surface area contributed by atoms with E-state index in [0.717, 1.165) is 0 Å². The number of hydrogen-bond acceptors (Lipinski definition) is 4. The van der Waals surface area contributed by atoms with Crippen molar-refractivity contribution < 1.29 is 32.3 Å². The lowest BCUT2D eigenvalue weighted by Crippen LogP contribution is -2.48. The summed E-state index contributed by atoms with van der Waals surface area (Å²) in [6.07, 6.45) is -5.36. The van der Waals surface area contributed by atoms with Gasteiger partial charge in [0.1, 0.15) is 6.04 Å². The molecule has 0 saturated carbocycles. The molecule has 1 atom stereocenters. The molecule has 0 fully saturated rings. The Balaban J connectivity index is 2.82. The number of benzene rings is 1. The number of halogens is 3. The number of rotatable bonds is 6. The number of esters is 1. The standard InChI is InChI=1S/C13H13F3N2O4/c14-13(15,16)12(21)18-9(11(20)22-7-10(17)19)6-8-4-2-1-3-5-8/h1-5,9H,6-7H2,(H2,17,19)(H,18,21)/t9-/m1/s1. The predicted octanol–water partition coefficient (Wildman–Crippen LogP) is 0.305. The highest BCUT2D eigenvalue weighted by Gasteiger charge is 2.41. The molecule has 0 radical (unpaired) electrons. The van der Waals surface area contributed by atoms with Crippen LogP contribution in [0.1, 0.15) is 5.56 Å². The van der Waals surface area contributed by atoms with Gasteiger partial charge in [-0.3, -0.25) is 9.59 Å². The van der Waals surface area contributed by atoms with Crippen LogP contribution in [0, 0.1) is 0 Å². The number of carbonyl (C=O) groups excluding carboxylic acids is 3. The van der Waals surface area contributed by atoms with Crippen molar-refractivity contribution in [1.29, 1.82) is 0 Å². The van der Waals surface area contributed by atoms with Crippen LogP contribution < -0.4 is 11.1 Å². The first kappa shape index (κ1) is 17.5. The fourth-order valence-corrected chi connectivity index (χ4v) is 1.53. The van der Waals surface area contributed by atoms with Gasteiger partial charge in [0, 0.05) is 6.42 Å². The van der Waals surface area contributed by atoms with Crippen LogP contribution in [0.15, 0.2) is 30.3 Å². The minimum Gasteiger partial charge on any atom is -0.454 e. The van der Waals surface area contributed by atoms with Gasteiger partial charge in [-0.25, -0.2) is 4.79 Å². The number of alkyl halides is 3. The molecule has 1 rings (SSSR count). The molecule has 0 unspecified atom stereocenters. The Labute approximate surface area is 123 Å². The van der Waals surface area contributed by atoms with E-state index in [1.807, 2.05) is 0 Å². The molecule has 0 spiro atoms. The van der Waals surface area contributed by atoms with Gasteiger partial charge in [-0.05, 0) is 5.56 Å². The van der Waals surface area contributed by atoms with E-state index in [1.165, 1.54) is 5.32 Å². The van der Waals surface area contributed by atoms with Crippen LogP contribution in [0.25, 0.3) is 0 Å². The van der Waals surface area contributed by atoms with Gasteiger partial charge in [0.15, 0.2) is 6.61 Å². The minimum absolute atomic E-state index is 0.222. The van der Waals surface area contributed by atoms with Crippen molar-refractivity contribution in [3.05, 3.63) is 35.9 Å². The minimum atomic E-state index is -5.14. The molecule has 0 aliphatic carbocycles. The molecule has 6 nitrogen and oxygen atoms in total. The van der Waals surface area contributed by atoms with Gasteiger partial charge in [0.05, 0.1) is 0 Å². The molecule has 1 aromatic carbocycles. The van der Waals surface area contributed by atoms with Gasteiger partial charge in [0.25, 0.3) is 5.91 Å². The largest absolute Gasteiger partial charge is 0.471 e. The molecule has 120 valence electrons. The molecule has 0 heterocycles. The Bertz CT molecular complexity index is 546. The fraction of sp³-hybridized carbons (Fsp3) is 0.308. The average molecular weight is 318 g/mol. The zero-order chi connectivity index (χ0) is 16.8. The molecule has 9 heteroatoms. The van der Waals surface area contributed by atoms with E-state index in [9.17, 15) is 27.6 Å². The third kappa shape index (κ3) is 5.81. The maximum atomic E-state index is 12.3. The average Bonchev–Trinajstić information content (AvgIpc) is 2.44. The third-order valence-corrected chi connectivity index (χ3v) is 2.49. The summed E-state index contributed by atoms with van der Waals surface area (Å²) in [5.41, 5.74) is 5.29. The normalized spacial score (nSPS) is 12.3. The quantitative estimate of drug-likeness (QED) is 0.737. The number of hydrogen-bond donors (Lipinski definition) is 2.